The van der Waals surface area contributed by atoms with Crippen molar-refractivity contribution in [2.75, 3.05) is 13.1 Å². The van der Waals surface area contributed by atoms with E-state index in [4.69, 9.17) is 5.73 Å². The summed E-state index contributed by atoms with van der Waals surface area (Å²) in [5.41, 5.74) is 6.51. The highest BCUT2D eigenvalue weighted by Crippen LogP contribution is 2.23. The molecule has 24 heavy (non-hydrogen) atoms. The zero-order valence-corrected chi connectivity index (χ0v) is 13.9. The summed E-state index contributed by atoms with van der Waals surface area (Å²) >= 11 is 0. The van der Waals surface area contributed by atoms with E-state index in [1.807, 2.05) is 0 Å². The summed E-state index contributed by atoms with van der Waals surface area (Å²) in [6, 6.07) is 5.95. The lowest BCUT2D eigenvalue weighted by Gasteiger charge is -2.37. The van der Waals surface area contributed by atoms with Crippen LogP contribution in [0.3, 0.4) is 0 Å². The molecule has 1 aromatic heterocycles. The quantitative estimate of drug-likeness (QED) is 0.932. The molecule has 0 aliphatic carbocycles. The van der Waals surface area contributed by atoms with Gasteiger partial charge >= 0.3 is 0 Å². The van der Waals surface area contributed by atoms with Crippen molar-refractivity contribution >= 4 is 5.91 Å². The predicted octanol–water partition coefficient (Wildman–Crippen LogP) is 1.91. The zero-order valence-electron chi connectivity index (χ0n) is 13.9. The van der Waals surface area contributed by atoms with Crippen LogP contribution in [-0.4, -0.2) is 44.7 Å². The monoisotopic (exact) mass is 331 g/mol. The second kappa shape index (κ2) is 6.68. The Kier molecular flexibility index (Phi) is 4.62. The molecule has 2 aromatic rings. The molecule has 1 saturated heterocycles. The average molecular weight is 331 g/mol. The van der Waals surface area contributed by atoms with E-state index in [0.29, 0.717) is 30.5 Å². The maximum absolute atomic E-state index is 13.1. The van der Waals surface area contributed by atoms with Crippen molar-refractivity contribution in [3.05, 3.63) is 41.7 Å². The van der Waals surface area contributed by atoms with E-state index < -0.39 is 0 Å². The number of nitrogens with two attached hydrogens (primary N) is 1. The van der Waals surface area contributed by atoms with E-state index >= 15 is 0 Å². The minimum atomic E-state index is -0.318. The largest absolute Gasteiger partial charge is 0.332 e. The van der Waals surface area contributed by atoms with Crippen LogP contribution in [0.25, 0.3) is 5.69 Å². The Hall–Kier alpha value is -2.28. The van der Waals surface area contributed by atoms with Gasteiger partial charge in [0.2, 0.25) is 5.82 Å². The van der Waals surface area contributed by atoms with E-state index in [-0.39, 0.29) is 23.6 Å². The summed E-state index contributed by atoms with van der Waals surface area (Å²) in [5, 5.41) is 4.32. The molecule has 0 radical (unpaired) electrons. The lowest BCUT2D eigenvalue weighted by molar-refractivity contribution is 0.0561. The van der Waals surface area contributed by atoms with Gasteiger partial charge in [-0.05, 0) is 49.9 Å². The van der Waals surface area contributed by atoms with Crippen LogP contribution in [0, 0.1) is 18.7 Å². The van der Waals surface area contributed by atoms with Crippen LogP contribution in [0.2, 0.25) is 0 Å². The molecular weight excluding hydrogens is 309 g/mol. The average Bonchev–Trinajstić information content (AvgIpc) is 2.96. The molecule has 128 valence electrons. The molecule has 6 nitrogen and oxygen atoms in total. The van der Waals surface area contributed by atoms with Gasteiger partial charge < -0.3 is 10.6 Å². The first-order chi connectivity index (χ1) is 11.5. The fourth-order valence-electron chi connectivity index (χ4n) is 3.18. The molecule has 3 rings (SSSR count). The van der Waals surface area contributed by atoms with Crippen LogP contribution < -0.4 is 5.73 Å². The van der Waals surface area contributed by atoms with Crippen molar-refractivity contribution < 1.29 is 9.18 Å². The van der Waals surface area contributed by atoms with E-state index in [1.165, 1.54) is 12.1 Å². The molecule has 7 heteroatoms. The second-order valence-electron chi connectivity index (χ2n) is 6.39. The van der Waals surface area contributed by atoms with Gasteiger partial charge in [-0.25, -0.2) is 14.1 Å². The standard InChI is InChI=1S/C17H22FN5O/c1-11-7-8-22(15(9-11)10-19)17(24)16-20-12(2)23(21-16)14-5-3-13(18)4-6-14/h3-6,11,15H,7-10,19H2,1-2H3. The van der Waals surface area contributed by atoms with Crippen LogP contribution in [0.1, 0.15) is 36.2 Å². The van der Waals surface area contributed by atoms with Crippen molar-refractivity contribution in [1.29, 1.82) is 0 Å². The number of aryl methyl sites for hydroxylation is 1. The van der Waals surface area contributed by atoms with E-state index in [1.54, 1.807) is 28.6 Å². The maximum atomic E-state index is 13.1. The molecule has 1 aromatic carbocycles. The number of amides is 1. The van der Waals surface area contributed by atoms with Crippen LogP contribution in [0.5, 0.6) is 0 Å². The smallest absolute Gasteiger partial charge is 0.293 e. The third kappa shape index (κ3) is 3.17. The van der Waals surface area contributed by atoms with E-state index in [0.717, 1.165) is 12.8 Å². The number of piperidine rings is 1. The Morgan fingerprint density at radius 2 is 2.08 bits per heavy atom. The van der Waals surface area contributed by atoms with Gasteiger partial charge in [0.05, 0.1) is 5.69 Å². The van der Waals surface area contributed by atoms with Gasteiger partial charge in [-0.15, -0.1) is 5.10 Å². The summed E-state index contributed by atoms with van der Waals surface area (Å²) in [6.45, 7) is 5.06. The summed E-state index contributed by atoms with van der Waals surface area (Å²) < 4.78 is 14.6. The number of hydrogen-bond acceptors (Lipinski definition) is 4. The maximum Gasteiger partial charge on any atom is 0.293 e. The van der Waals surface area contributed by atoms with Gasteiger partial charge in [0.1, 0.15) is 11.6 Å². The lowest BCUT2D eigenvalue weighted by Crippen LogP contribution is -2.49. The third-order valence-corrected chi connectivity index (χ3v) is 4.54. The normalized spacial score (nSPS) is 21.1. The number of nitrogens with zero attached hydrogens (tertiary/aromatic N) is 4. The summed E-state index contributed by atoms with van der Waals surface area (Å²) in [4.78, 5) is 18.9. The number of likely N-dealkylation sites (tertiary alicyclic amines) is 1. The Bertz CT molecular complexity index is 727. The van der Waals surface area contributed by atoms with Gasteiger partial charge in [-0.2, -0.15) is 0 Å². The lowest BCUT2D eigenvalue weighted by atomic mass is 9.92. The first kappa shape index (κ1) is 16.6. The third-order valence-electron chi connectivity index (χ3n) is 4.54. The van der Waals surface area contributed by atoms with Gasteiger partial charge in [-0.1, -0.05) is 6.92 Å². The van der Waals surface area contributed by atoms with E-state index in [2.05, 4.69) is 17.0 Å². The second-order valence-corrected chi connectivity index (χ2v) is 6.39. The van der Waals surface area contributed by atoms with Crippen molar-refractivity contribution in [2.24, 2.45) is 11.7 Å². The highest BCUT2D eigenvalue weighted by atomic mass is 19.1. The van der Waals surface area contributed by atoms with Crippen LogP contribution in [-0.2, 0) is 0 Å². The fourth-order valence-corrected chi connectivity index (χ4v) is 3.18. The SMILES string of the molecule is Cc1nc(C(=O)N2CCC(C)CC2CN)nn1-c1ccc(F)cc1. The minimum absolute atomic E-state index is 0.0272. The van der Waals surface area contributed by atoms with Crippen molar-refractivity contribution in [3.63, 3.8) is 0 Å². The molecule has 1 aliphatic rings. The molecular formula is C17H22FN5O. The number of rotatable bonds is 3. The number of halogens is 1. The van der Waals surface area contributed by atoms with Crippen LogP contribution >= 0.6 is 0 Å². The first-order valence-corrected chi connectivity index (χ1v) is 8.20. The Balaban J connectivity index is 1.86. The number of carbonyl (C=O) groups is 1. The molecule has 2 atom stereocenters. The Morgan fingerprint density at radius 3 is 2.75 bits per heavy atom. The molecule has 0 bridgehead atoms. The van der Waals surface area contributed by atoms with Gasteiger partial charge in [0, 0.05) is 19.1 Å². The molecule has 0 saturated carbocycles. The molecule has 1 aliphatic heterocycles. The molecule has 1 fully saturated rings. The predicted molar refractivity (Wildman–Crippen MR) is 88.3 cm³/mol. The molecule has 2 unspecified atom stereocenters. The Morgan fingerprint density at radius 1 is 1.38 bits per heavy atom. The van der Waals surface area contributed by atoms with Crippen molar-refractivity contribution in [2.45, 2.75) is 32.7 Å². The van der Waals surface area contributed by atoms with Crippen molar-refractivity contribution in [3.8, 4) is 5.69 Å². The van der Waals surface area contributed by atoms with E-state index in [9.17, 15) is 9.18 Å². The molecule has 1 amide bonds. The molecule has 2 N–H and O–H groups in total. The topological polar surface area (TPSA) is 77.0 Å². The van der Waals surface area contributed by atoms with Crippen LogP contribution in [0.15, 0.2) is 24.3 Å². The molecule has 0 spiro atoms. The van der Waals surface area contributed by atoms with Gasteiger partial charge in [-0.3, -0.25) is 4.79 Å². The first-order valence-electron chi connectivity index (χ1n) is 8.20. The summed E-state index contributed by atoms with van der Waals surface area (Å²) in [6.07, 6.45) is 1.86. The molecule has 2 heterocycles. The van der Waals surface area contributed by atoms with Crippen LogP contribution in [0.4, 0.5) is 4.39 Å². The van der Waals surface area contributed by atoms with Gasteiger partial charge in [0.15, 0.2) is 0 Å². The van der Waals surface area contributed by atoms with Gasteiger partial charge in [0.25, 0.3) is 5.91 Å². The number of benzene rings is 1. The summed E-state index contributed by atoms with van der Waals surface area (Å²) in [7, 11) is 0. The number of hydrogen-bond donors (Lipinski definition) is 1. The minimum Gasteiger partial charge on any atom is -0.332 e. The number of aromatic nitrogens is 3. The Labute approximate surface area is 140 Å². The highest BCUT2D eigenvalue weighted by Gasteiger charge is 2.31. The summed E-state index contributed by atoms with van der Waals surface area (Å²) in [5.74, 6) is 0.792. The zero-order chi connectivity index (χ0) is 17.3. The fraction of sp³-hybridized carbons (Fsp3) is 0.471. The number of carbonyl (C=O) groups excluding carboxylic acids is 1. The van der Waals surface area contributed by atoms with Crippen molar-refractivity contribution in [1.82, 2.24) is 19.7 Å². The highest BCUT2D eigenvalue weighted by molar-refractivity contribution is 5.90.